The van der Waals surface area contributed by atoms with Crippen LogP contribution in [0.15, 0.2) is 4.99 Å². The molecule has 2 saturated heterocycles. The summed E-state index contributed by atoms with van der Waals surface area (Å²) in [5.74, 6) is 1.13. The van der Waals surface area contributed by atoms with Crippen LogP contribution in [0.3, 0.4) is 0 Å². The van der Waals surface area contributed by atoms with Crippen molar-refractivity contribution in [2.24, 2.45) is 10.4 Å². The van der Waals surface area contributed by atoms with Crippen LogP contribution in [0.5, 0.6) is 0 Å². The van der Waals surface area contributed by atoms with E-state index in [0.29, 0.717) is 17.5 Å². The summed E-state index contributed by atoms with van der Waals surface area (Å²) in [4.78, 5) is 10.1. The number of guanidine groups is 1. The van der Waals surface area contributed by atoms with Gasteiger partial charge in [-0.3, -0.25) is 9.89 Å². The summed E-state index contributed by atoms with van der Waals surface area (Å²) in [5.41, 5.74) is 0.598. The Bertz CT molecular complexity index is 433. The summed E-state index contributed by atoms with van der Waals surface area (Å²) in [6.07, 6.45) is 7.05. The molecular weight excluding hydrogens is 300 g/mol. The van der Waals surface area contributed by atoms with Gasteiger partial charge in [0.2, 0.25) is 0 Å². The maximum Gasteiger partial charge on any atom is 0.193 e. The van der Waals surface area contributed by atoms with E-state index in [9.17, 15) is 0 Å². The minimum atomic E-state index is 0.473. The zero-order valence-electron chi connectivity index (χ0n) is 15.9. The molecule has 3 aliphatic rings. The first-order chi connectivity index (χ1) is 11.6. The molecule has 1 saturated carbocycles. The molecule has 0 aromatic rings. The normalized spacial score (nSPS) is 29.4. The lowest BCUT2D eigenvalue weighted by Gasteiger charge is -2.37. The molecule has 138 valence electrons. The van der Waals surface area contributed by atoms with E-state index in [2.05, 4.69) is 35.9 Å². The third-order valence-corrected chi connectivity index (χ3v) is 6.23. The summed E-state index contributed by atoms with van der Waals surface area (Å²) < 4.78 is 5.56. The summed E-state index contributed by atoms with van der Waals surface area (Å²) >= 11 is 0. The lowest BCUT2D eigenvalue weighted by atomic mass is 9.86. The standard InChI is InChI=1S/C19H36N4O/c1-4-20-18(22-10-9-19(15-22)7-5-6-8-19)21-13-16(2)23-11-12-24-14-17(23)3/h16-17H,4-15H2,1-3H3,(H,20,21). The highest BCUT2D eigenvalue weighted by atomic mass is 16.5. The number of morpholine rings is 1. The molecule has 3 rings (SSSR count). The van der Waals surface area contributed by atoms with Gasteiger partial charge >= 0.3 is 0 Å². The first kappa shape index (κ1) is 18.0. The van der Waals surface area contributed by atoms with Crippen molar-refractivity contribution >= 4 is 5.96 Å². The average molecular weight is 337 g/mol. The van der Waals surface area contributed by atoms with Gasteiger partial charge in [0.15, 0.2) is 5.96 Å². The minimum Gasteiger partial charge on any atom is -0.379 e. The Labute approximate surface area is 147 Å². The summed E-state index contributed by atoms with van der Waals surface area (Å²) in [5, 5.41) is 3.53. The van der Waals surface area contributed by atoms with E-state index in [1.165, 1.54) is 45.2 Å². The molecule has 0 radical (unpaired) electrons. The lowest BCUT2D eigenvalue weighted by Crippen LogP contribution is -2.50. The van der Waals surface area contributed by atoms with Crippen LogP contribution in [0.25, 0.3) is 0 Å². The number of ether oxygens (including phenoxy) is 1. The van der Waals surface area contributed by atoms with Gasteiger partial charge in [-0.25, -0.2) is 0 Å². The number of rotatable bonds is 4. The van der Waals surface area contributed by atoms with Crippen LogP contribution < -0.4 is 5.32 Å². The second-order valence-electron chi connectivity index (χ2n) is 8.08. The number of hydrogen-bond acceptors (Lipinski definition) is 3. The first-order valence-electron chi connectivity index (χ1n) is 10.0. The Hall–Kier alpha value is -0.810. The topological polar surface area (TPSA) is 40.1 Å². The Morgan fingerprint density at radius 2 is 2.08 bits per heavy atom. The second kappa shape index (κ2) is 8.05. The smallest absolute Gasteiger partial charge is 0.193 e. The van der Waals surface area contributed by atoms with Gasteiger partial charge in [-0.05, 0) is 45.4 Å². The monoisotopic (exact) mass is 336 g/mol. The highest BCUT2D eigenvalue weighted by molar-refractivity contribution is 5.80. The zero-order valence-corrected chi connectivity index (χ0v) is 15.9. The largest absolute Gasteiger partial charge is 0.379 e. The van der Waals surface area contributed by atoms with Gasteiger partial charge in [0.25, 0.3) is 0 Å². The maximum atomic E-state index is 5.56. The predicted octanol–water partition coefficient (Wildman–Crippen LogP) is 2.33. The van der Waals surface area contributed by atoms with Crippen LogP contribution in [-0.2, 0) is 4.74 Å². The second-order valence-corrected chi connectivity index (χ2v) is 8.08. The molecule has 0 aromatic carbocycles. The first-order valence-corrected chi connectivity index (χ1v) is 10.0. The van der Waals surface area contributed by atoms with Crippen molar-refractivity contribution in [2.75, 3.05) is 45.9 Å². The fraction of sp³-hybridized carbons (Fsp3) is 0.947. The number of hydrogen-bond donors (Lipinski definition) is 1. The number of nitrogens with one attached hydrogen (secondary N) is 1. The summed E-state index contributed by atoms with van der Waals surface area (Å²) in [6.45, 7) is 13.7. The zero-order chi connectivity index (χ0) is 17.0. The van der Waals surface area contributed by atoms with E-state index in [1.54, 1.807) is 0 Å². The van der Waals surface area contributed by atoms with Crippen molar-refractivity contribution in [3.63, 3.8) is 0 Å². The predicted molar refractivity (Wildman–Crippen MR) is 99.5 cm³/mol. The van der Waals surface area contributed by atoms with E-state index in [-0.39, 0.29) is 0 Å². The van der Waals surface area contributed by atoms with Crippen LogP contribution in [0.2, 0.25) is 0 Å². The molecule has 2 heterocycles. The lowest BCUT2D eigenvalue weighted by molar-refractivity contribution is -0.0166. The molecule has 5 heteroatoms. The van der Waals surface area contributed by atoms with Crippen LogP contribution >= 0.6 is 0 Å². The molecular formula is C19H36N4O. The maximum absolute atomic E-state index is 5.56. The minimum absolute atomic E-state index is 0.473. The van der Waals surface area contributed by atoms with Crippen LogP contribution in [0, 0.1) is 5.41 Å². The fourth-order valence-electron chi connectivity index (χ4n) is 4.79. The fourth-order valence-corrected chi connectivity index (χ4v) is 4.79. The highest BCUT2D eigenvalue weighted by Gasteiger charge is 2.41. The summed E-state index contributed by atoms with van der Waals surface area (Å²) in [6, 6.07) is 0.973. The van der Waals surface area contributed by atoms with Crippen LogP contribution in [-0.4, -0.2) is 73.8 Å². The molecule has 2 atom stereocenters. The van der Waals surface area contributed by atoms with Gasteiger partial charge in [0.1, 0.15) is 0 Å². The Morgan fingerprint density at radius 3 is 2.79 bits per heavy atom. The molecule has 2 unspecified atom stereocenters. The van der Waals surface area contributed by atoms with Gasteiger partial charge in [-0.2, -0.15) is 0 Å². The molecule has 24 heavy (non-hydrogen) atoms. The number of nitrogens with zero attached hydrogens (tertiary/aromatic N) is 3. The van der Waals surface area contributed by atoms with Crippen molar-refractivity contribution in [2.45, 2.75) is 65.0 Å². The van der Waals surface area contributed by atoms with Crippen LogP contribution in [0.1, 0.15) is 52.9 Å². The molecule has 5 nitrogen and oxygen atoms in total. The molecule has 2 aliphatic heterocycles. The highest BCUT2D eigenvalue weighted by Crippen LogP contribution is 2.45. The van der Waals surface area contributed by atoms with Crippen molar-refractivity contribution in [3.05, 3.63) is 0 Å². The molecule has 1 N–H and O–H groups in total. The van der Waals surface area contributed by atoms with Gasteiger partial charge in [0.05, 0.1) is 19.8 Å². The Kier molecular flexibility index (Phi) is 6.03. The molecule has 0 amide bonds. The molecule has 1 aliphatic carbocycles. The molecule has 3 fully saturated rings. The van der Waals surface area contributed by atoms with Crippen molar-refractivity contribution in [1.82, 2.24) is 15.1 Å². The van der Waals surface area contributed by atoms with Gasteiger partial charge < -0.3 is 15.0 Å². The van der Waals surface area contributed by atoms with Crippen molar-refractivity contribution < 1.29 is 4.74 Å². The quantitative estimate of drug-likeness (QED) is 0.632. The average Bonchev–Trinajstić information content (AvgIpc) is 3.22. The van der Waals surface area contributed by atoms with E-state index >= 15 is 0 Å². The summed E-state index contributed by atoms with van der Waals surface area (Å²) in [7, 11) is 0. The van der Waals surface area contributed by atoms with Gasteiger partial charge in [0, 0.05) is 38.3 Å². The Balaban J connectivity index is 1.59. The van der Waals surface area contributed by atoms with E-state index in [1.807, 2.05) is 0 Å². The molecule has 0 bridgehead atoms. The third kappa shape index (κ3) is 4.05. The SMILES string of the molecule is CCNC(=NCC(C)N1CCOCC1C)N1CCC2(CCCC2)C1. The van der Waals surface area contributed by atoms with Crippen molar-refractivity contribution in [1.29, 1.82) is 0 Å². The van der Waals surface area contributed by atoms with E-state index in [4.69, 9.17) is 9.73 Å². The molecule has 0 aromatic heterocycles. The Morgan fingerprint density at radius 1 is 1.29 bits per heavy atom. The third-order valence-electron chi connectivity index (χ3n) is 6.23. The number of likely N-dealkylation sites (tertiary alicyclic amines) is 1. The number of aliphatic imine (C=N–C) groups is 1. The molecule has 1 spiro atoms. The van der Waals surface area contributed by atoms with Crippen molar-refractivity contribution in [3.8, 4) is 0 Å². The van der Waals surface area contributed by atoms with Crippen LogP contribution in [0.4, 0.5) is 0 Å². The van der Waals surface area contributed by atoms with E-state index < -0.39 is 0 Å². The van der Waals surface area contributed by atoms with E-state index in [0.717, 1.165) is 38.8 Å². The van der Waals surface area contributed by atoms with Gasteiger partial charge in [-0.15, -0.1) is 0 Å². The van der Waals surface area contributed by atoms with Gasteiger partial charge in [-0.1, -0.05) is 12.8 Å².